The Morgan fingerprint density at radius 2 is 2.42 bits per heavy atom. The van der Waals surface area contributed by atoms with Gasteiger partial charge in [-0.25, -0.2) is 0 Å². The Balaban J connectivity index is 2.24. The largest absolute Gasteiger partial charge is 0.387 e. The monoisotopic (exact) mass is 163 g/mol. The van der Waals surface area contributed by atoms with E-state index in [1.807, 2.05) is 19.1 Å². The van der Waals surface area contributed by atoms with Crippen molar-refractivity contribution in [2.75, 3.05) is 6.54 Å². The molecule has 0 saturated carbocycles. The highest BCUT2D eigenvalue weighted by Gasteiger charge is 2.31. The average Bonchev–Trinajstić information content (AvgIpc) is 2.12. The fourth-order valence-electron chi connectivity index (χ4n) is 1.80. The van der Waals surface area contributed by atoms with E-state index in [0.29, 0.717) is 5.78 Å². The molecule has 0 spiro atoms. The molecule has 2 heteroatoms. The summed E-state index contributed by atoms with van der Waals surface area (Å²) < 4.78 is 0. The number of ketones is 1. The van der Waals surface area contributed by atoms with E-state index in [2.05, 4.69) is 11.4 Å². The topological polar surface area (TPSA) is 29.1 Å². The van der Waals surface area contributed by atoms with Crippen LogP contribution in [0.15, 0.2) is 23.9 Å². The standard InChI is InChI=1S/C10H13NO/c1-7-6-11-9-5-3-2-4-8(9)10(7)12/h2-3,5,7-8,11H,4,6H2,1H3. The summed E-state index contributed by atoms with van der Waals surface area (Å²) in [5.41, 5.74) is 1.11. The fourth-order valence-corrected chi connectivity index (χ4v) is 1.80. The first-order chi connectivity index (χ1) is 5.79. The van der Waals surface area contributed by atoms with Crippen LogP contribution in [0, 0.1) is 11.8 Å². The molecule has 1 aliphatic heterocycles. The van der Waals surface area contributed by atoms with Crippen LogP contribution < -0.4 is 5.32 Å². The van der Waals surface area contributed by atoms with Crippen LogP contribution >= 0.6 is 0 Å². The molecule has 2 aliphatic rings. The van der Waals surface area contributed by atoms with Gasteiger partial charge in [0.15, 0.2) is 0 Å². The summed E-state index contributed by atoms with van der Waals surface area (Å²) in [5.74, 6) is 0.696. The second kappa shape index (κ2) is 2.77. The number of hydrogen-bond donors (Lipinski definition) is 1. The van der Waals surface area contributed by atoms with Gasteiger partial charge in [-0.3, -0.25) is 4.79 Å². The molecule has 0 amide bonds. The number of carbonyl (C=O) groups is 1. The van der Waals surface area contributed by atoms with Gasteiger partial charge in [0, 0.05) is 18.2 Å². The highest BCUT2D eigenvalue weighted by molar-refractivity contribution is 5.87. The molecule has 0 aromatic carbocycles. The molecule has 2 rings (SSSR count). The maximum Gasteiger partial charge on any atom is 0.146 e. The molecule has 2 atom stereocenters. The number of allylic oxidation sites excluding steroid dienone is 4. The van der Waals surface area contributed by atoms with E-state index < -0.39 is 0 Å². The highest BCUT2D eigenvalue weighted by atomic mass is 16.1. The lowest BCUT2D eigenvalue weighted by Crippen LogP contribution is -2.41. The molecule has 1 fully saturated rings. The first-order valence-corrected chi connectivity index (χ1v) is 4.43. The van der Waals surface area contributed by atoms with Crippen molar-refractivity contribution >= 4 is 5.78 Å². The van der Waals surface area contributed by atoms with Crippen molar-refractivity contribution in [2.45, 2.75) is 13.3 Å². The molecule has 2 unspecified atom stereocenters. The molecule has 64 valence electrons. The summed E-state index contributed by atoms with van der Waals surface area (Å²) in [6, 6.07) is 0. The number of Topliss-reactive ketones (excluding diaryl/α,β-unsaturated/α-hetero) is 1. The zero-order valence-electron chi connectivity index (χ0n) is 7.21. The van der Waals surface area contributed by atoms with Gasteiger partial charge in [0.05, 0.1) is 5.92 Å². The first kappa shape index (κ1) is 7.59. The molecule has 1 saturated heterocycles. The second-order valence-corrected chi connectivity index (χ2v) is 3.52. The number of carbonyl (C=O) groups excluding carboxylic acids is 1. The molecular weight excluding hydrogens is 150 g/mol. The van der Waals surface area contributed by atoms with Gasteiger partial charge >= 0.3 is 0 Å². The summed E-state index contributed by atoms with van der Waals surface area (Å²) in [6.07, 6.45) is 6.97. The van der Waals surface area contributed by atoms with Gasteiger partial charge in [-0.15, -0.1) is 0 Å². The van der Waals surface area contributed by atoms with Crippen LogP contribution in [0.3, 0.4) is 0 Å². The zero-order chi connectivity index (χ0) is 8.55. The van der Waals surface area contributed by atoms with Crippen LogP contribution in [0.1, 0.15) is 13.3 Å². The Morgan fingerprint density at radius 1 is 1.58 bits per heavy atom. The molecule has 1 aliphatic carbocycles. The van der Waals surface area contributed by atoms with Gasteiger partial charge in [0.25, 0.3) is 0 Å². The number of rotatable bonds is 0. The first-order valence-electron chi connectivity index (χ1n) is 4.43. The van der Waals surface area contributed by atoms with E-state index >= 15 is 0 Å². The minimum atomic E-state index is 0.124. The van der Waals surface area contributed by atoms with E-state index in [1.54, 1.807) is 0 Å². The van der Waals surface area contributed by atoms with Gasteiger partial charge in [-0.2, -0.15) is 0 Å². The molecule has 1 N–H and O–H groups in total. The van der Waals surface area contributed by atoms with Crippen LogP contribution in [0.25, 0.3) is 0 Å². The maximum absolute atomic E-state index is 11.6. The predicted molar refractivity (Wildman–Crippen MR) is 47.5 cm³/mol. The molecule has 2 nitrogen and oxygen atoms in total. The molecule has 0 radical (unpaired) electrons. The third kappa shape index (κ3) is 1.07. The highest BCUT2D eigenvalue weighted by Crippen LogP contribution is 2.26. The molecule has 0 bridgehead atoms. The maximum atomic E-state index is 11.6. The van der Waals surface area contributed by atoms with E-state index in [0.717, 1.165) is 18.7 Å². The average molecular weight is 163 g/mol. The van der Waals surface area contributed by atoms with Crippen molar-refractivity contribution in [3.63, 3.8) is 0 Å². The third-order valence-electron chi connectivity index (χ3n) is 2.60. The SMILES string of the molecule is CC1CNC2=CC=CCC2C1=O. The van der Waals surface area contributed by atoms with Crippen molar-refractivity contribution in [1.82, 2.24) is 5.32 Å². The van der Waals surface area contributed by atoms with Crippen molar-refractivity contribution < 1.29 is 4.79 Å². The summed E-state index contributed by atoms with van der Waals surface area (Å²) >= 11 is 0. The summed E-state index contributed by atoms with van der Waals surface area (Å²) in [7, 11) is 0. The number of hydrogen-bond acceptors (Lipinski definition) is 2. The molecule has 1 heterocycles. The smallest absolute Gasteiger partial charge is 0.146 e. The third-order valence-corrected chi connectivity index (χ3v) is 2.60. The van der Waals surface area contributed by atoms with Crippen LogP contribution in [0.5, 0.6) is 0 Å². The Hall–Kier alpha value is -1.05. The predicted octanol–water partition coefficient (Wildman–Crippen LogP) is 1.25. The molecule has 0 aromatic rings. The Morgan fingerprint density at radius 3 is 3.25 bits per heavy atom. The number of nitrogens with one attached hydrogen (secondary N) is 1. The quantitative estimate of drug-likeness (QED) is 0.582. The van der Waals surface area contributed by atoms with E-state index in [4.69, 9.17) is 0 Å². The number of piperidine rings is 1. The second-order valence-electron chi connectivity index (χ2n) is 3.52. The molecular formula is C10H13NO. The summed E-state index contributed by atoms with van der Waals surface area (Å²) in [5, 5.41) is 3.29. The van der Waals surface area contributed by atoms with Crippen molar-refractivity contribution in [1.29, 1.82) is 0 Å². The minimum absolute atomic E-state index is 0.124. The van der Waals surface area contributed by atoms with Gasteiger partial charge < -0.3 is 5.32 Å². The van der Waals surface area contributed by atoms with Crippen LogP contribution in [0.4, 0.5) is 0 Å². The van der Waals surface area contributed by atoms with E-state index in [1.165, 1.54) is 0 Å². The van der Waals surface area contributed by atoms with E-state index in [9.17, 15) is 4.79 Å². The lowest BCUT2D eigenvalue weighted by atomic mass is 9.83. The Labute approximate surface area is 72.3 Å². The summed E-state index contributed by atoms with van der Waals surface area (Å²) in [4.78, 5) is 11.6. The van der Waals surface area contributed by atoms with Crippen LogP contribution in [-0.2, 0) is 4.79 Å². The van der Waals surface area contributed by atoms with Gasteiger partial charge in [-0.1, -0.05) is 19.1 Å². The van der Waals surface area contributed by atoms with Crippen molar-refractivity contribution in [3.8, 4) is 0 Å². The van der Waals surface area contributed by atoms with E-state index in [-0.39, 0.29) is 11.8 Å². The van der Waals surface area contributed by atoms with Crippen molar-refractivity contribution in [2.24, 2.45) is 11.8 Å². The normalized spacial score (nSPS) is 33.8. The molecule has 0 aromatic heterocycles. The van der Waals surface area contributed by atoms with Crippen LogP contribution in [0.2, 0.25) is 0 Å². The fraction of sp³-hybridized carbons (Fsp3) is 0.500. The zero-order valence-corrected chi connectivity index (χ0v) is 7.21. The van der Waals surface area contributed by atoms with Crippen molar-refractivity contribution in [3.05, 3.63) is 23.9 Å². The lowest BCUT2D eigenvalue weighted by Gasteiger charge is -2.30. The van der Waals surface area contributed by atoms with Gasteiger partial charge in [-0.05, 0) is 12.5 Å². The van der Waals surface area contributed by atoms with Crippen LogP contribution in [-0.4, -0.2) is 12.3 Å². The minimum Gasteiger partial charge on any atom is -0.387 e. The molecule has 12 heavy (non-hydrogen) atoms. The lowest BCUT2D eigenvalue weighted by molar-refractivity contribution is -0.126. The number of fused-ring (bicyclic) bond motifs is 1. The summed E-state index contributed by atoms with van der Waals surface area (Å²) in [6.45, 7) is 2.79. The Kier molecular flexibility index (Phi) is 1.75. The Bertz CT molecular complexity index is 265. The van der Waals surface area contributed by atoms with Gasteiger partial charge in [0.1, 0.15) is 5.78 Å². The van der Waals surface area contributed by atoms with Gasteiger partial charge in [0.2, 0.25) is 0 Å².